The molecule has 128 valence electrons. The van der Waals surface area contributed by atoms with Crippen molar-refractivity contribution in [3.63, 3.8) is 0 Å². The van der Waals surface area contributed by atoms with Crippen molar-refractivity contribution in [1.29, 1.82) is 0 Å². The molecule has 1 unspecified atom stereocenters. The summed E-state index contributed by atoms with van der Waals surface area (Å²) in [4.78, 5) is 24.8. The van der Waals surface area contributed by atoms with E-state index in [1.807, 2.05) is 0 Å². The van der Waals surface area contributed by atoms with Crippen LogP contribution in [-0.2, 0) is 9.53 Å². The normalized spacial score (nSPS) is 11.7. The lowest BCUT2D eigenvalue weighted by atomic mass is 9.92. The van der Waals surface area contributed by atoms with Crippen LogP contribution in [0.2, 0.25) is 0 Å². The van der Waals surface area contributed by atoms with E-state index in [-0.39, 0.29) is 12.4 Å². The zero-order chi connectivity index (χ0) is 17.2. The van der Waals surface area contributed by atoms with Crippen molar-refractivity contribution in [2.45, 2.75) is 26.2 Å². The molecule has 0 aromatic heterocycles. The first-order valence-electron chi connectivity index (χ1n) is 7.57. The van der Waals surface area contributed by atoms with Crippen LogP contribution in [0.1, 0.15) is 36.5 Å². The first-order chi connectivity index (χ1) is 11.1. The summed E-state index contributed by atoms with van der Waals surface area (Å²) < 4.78 is 15.4. The number of ether oxygens (including phenoxy) is 3. The average molecular weight is 387 g/mol. The summed E-state index contributed by atoms with van der Waals surface area (Å²) in [5.41, 5.74) is 0.416. The number of esters is 1. The minimum atomic E-state index is -0.785. The predicted molar refractivity (Wildman–Crippen MR) is 91.6 cm³/mol. The van der Waals surface area contributed by atoms with Crippen molar-refractivity contribution in [2.24, 2.45) is 5.92 Å². The molecule has 0 spiro atoms. The number of carbonyl (C=O) groups is 2. The topological polar surface area (TPSA) is 61.8 Å². The van der Waals surface area contributed by atoms with E-state index >= 15 is 0 Å². The second kappa shape index (κ2) is 10.3. The molecule has 0 fully saturated rings. The molecule has 1 rings (SSSR count). The number of alkyl halides is 1. The molecule has 6 heteroatoms. The molecule has 0 radical (unpaired) electrons. The van der Waals surface area contributed by atoms with E-state index in [0.29, 0.717) is 23.5 Å². The SMILES string of the molecule is CCOC(=O)C(CCCCBr)C(=O)c1ccc(OC)c(OC)c1. The van der Waals surface area contributed by atoms with Crippen LogP contribution in [0.3, 0.4) is 0 Å². The molecule has 0 aliphatic heterocycles. The number of rotatable bonds is 10. The number of Topliss-reactive ketones (excluding diaryl/α,β-unsaturated/α-hetero) is 1. The van der Waals surface area contributed by atoms with E-state index in [0.717, 1.165) is 18.2 Å². The summed E-state index contributed by atoms with van der Waals surface area (Å²) >= 11 is 3.35. The number of hydrogen-bond donors (Lipinski definition) is 0. The summed E-state index contributed by atoms with van der Waals surface area (Å²) in [6, 6.07) is 4.89. The second-order valence-corrected chi connectivity index (χ2v) is 5.72. The average Bonchev–Trinajstić information content (AvgIpc) is 2.57. The Bertz CT molecular complexity index is 530. The van der Waals surface area contributed by atoms with Crippen molar-refractivity contribution in [3.8, 4) is 11.5 Å². The largest absolute Gasteiger partial charge is 0.493 e. The van der Waals surface area contributed by atoms with Gasteiger partial charge < -0.3 is 14.2 Å². The minimum Gasteiger partial charge on any atom is -0.493 e. The third-order valence-electron chi connectivity index (χ3n) is 3.43. The predicted octanol–water partition coefficient (Wildman–Crippen LogP) is 3.63. The van der Waals surface area contributed by atoms with Crippen LogP contribution in [0.5, 0.6) is 11.5 Å². The van der Waals surface area contributed by atoms with Gasteiger partial charge in [-0.25, -0.2) is 0 Å². The van der Waals surface area contributed by atoms with Gasteiger partial charge in [-0.15, -0.1) is 0 Å². The monoisotopic (exact) mass is 386 g/mol. The number of halogens is 1. The zero-order valence-corrected chi connectivity index (χ0v) is 15.4. The van der Waals surface area contributed by atoms with E-state index in [9.17, 15) is 9.59 Å². The summed E-state index contributed by atoms with van der Waals surface area (Å²) in [7, 11) is 3.03. The van der Waals surface area contributed by atoms with Gasteiger partial charge in [-0.2, -0.15) is 0 Å². The number of ketones is 1. The Labute approximate surface area is 145 Å². The van der Waals surface area contributed by atoms with E-state index in [1.165, 1.54) is 14.2 Å². The van der Waals surface area contributed by atoms with Gasteiger partial charge >= 0.3 is 5.97 Å². The minimum absolute atomic E-state index is 0.251. The van der Waals surface area contributed by atoms with Crippen LogP contribution < -0.4 is 9.47 Å². The van der Waals surface area contributed by atoms with Gasteiger partial charge in [0.05, 0.1) is 20.8 Å². The molecule has 0 heterocycles. The zero-order valence-electron chi connectivity index (χ0n) is 13.8. The van der Waals surface area contributed by atoms with Gasteiger partial charge in [-0.1, -0.05) is 22.4 Å². The van der Waals surface area contributed by atoms with E-state index in [1.54, 1.807) is 25.1 Å². The molecule has 5 nitrogen and oxygen atoms in total. The van der Waals surface area contributed by atoms with Crippen molar-refractivity contribution >= 4 is 27.7 Å². The Hall–Kier alpha value is -1.56. The molecular weight excluding hydrogens is 364 g/mol. The van der Waals surface area contributed by atoms with Gasteiger partial charge in [-0.05, 0) is 38.0 Å². The molecule has 1 aromatic carbocycles. The Kier molecular flexibility index (Phi) is 8.69. The van der Waals surface area contributed by atoms with Gasteiger partial charge in [0.2, 0.25) is 0 Å². The molecule has 0 saturated heterocycles. The summed E-state index contributed by atoms with van der Waals surface area (Å²) in [5.74, 6) is -0.509. The van der Waals surface area contributed by atoms with Gasteiger partial charge in [0.15, 0.2) is 17.3 Å². The molecule has 0 saturated carbocycles. The third kappa shape index (κ3) is 5.53. The highest BCUT2D eigenvalue weighted by molar-refractivity contribution is 9.09. The Balaban J connectivity index is 3.00. The van der Waals surface area contributed by atoms with Crippen LogP contribution in [0.15, 0.2) is 18.2 Å². The highest BCUT2D eigenvalue weighted by atomic mass is 79.9. The van der Waals surface area contributed by atoms with Crippen molar-refractivity contribution in [3.05, 3.63) is 23.8 Å². The third-order valence-corrected chi connectivity index (χ3v) is 3.99. The molecular formula is C17H23BrO5. The Morgan fingerprint density at radius 2 is 1.83 bits per heavy atom. The summed E-state index contributed by atoms with van der Waals surface area (Å²) in [6.45, 7) is 1.99. The molecule has 1 aromatic rings. The molecule has 1 atom stereocenters. The molecule has 0 aliphatic carbocycles. The molecule has 0 N–H and O–H groups in total. The van der Waals surface area contributed by atoms with Crippen LogP contribution in [0.25, 0.3) is 0 Å². The van der Waals surface area contributed by atoms with Crippen LogP contribution in [-0.4, -0.2) is 37.9 Å². The molecule has 0 amide bonds. The number of carbonyl (C=O) groups excluding carboxylic acids is 2. The van der Waals surface area contributed by atoms with E-state index in [2.05, 4.69) is 15.9 Å². The maximum atomic E-state index is 12.7. The summed E-state index contributed by atoms with van der Waals surface area (Å²) in [5, 5.41) is 0.840. The lowest BCUT2D eigenvalue weighted by molar-refractivity contribution is -0.146. The van der Waals surface area contributed by atoms with Crippen molar-refractivity contribution < 1.29 is 23.8 Å². The fraction of sp³-hybridized carbons (Fsp3) is 0.529. The van der Waals surface area contributed by atoms with Gasteiger partial charge in [0.25, 0.3) is 0 Å². The fourth-order valence-corrected chi connectivity index (χ4v) is 2.63. The highest BCUT2D eigenvalue weighted by Crippen LogP contribution is 2.29. The number of methoxy groups -OCH3 is 2. The van der Waals surface area contributed by atoms with Gasteiger partial charge in [0.1, 0.15) is 5.92 Å². The van der Waals surface area contributed by atoms with Gasteiger partial charge in [0, 0.05) is 10.9 Å². The van der Waals surface area contributed by atoms with Crippen LogP contribution >= 0.6 is 15.9 Å². The second-order valence-electron chi connectivity index (χ2n) is 4.92. The first-order valence-corrected chi connectivity index (χ1v) is 8.70. The standard InChI is InChI=1S/C17H23BrO5/c1-4-23-17(20)13(7-5-6-10-18)16(19)12-8-9-14(21-2)15(11-12)22-3/h8-9,11,13H,4-7,10H2,1-3H3. The number of benzene rings is 1. The summed E-state index contributed by atoms with van der Waals surface area (Å²) in [6.07, 6.45) is 2.14. The molecule has 23 heavy (non-hydrogen) atoms. The maximum absolute atomic E-state index is 12.7. The quantitative estimate of drug-likeness (QED) is 0.202. The highest BCUT2D eigenvalue weighted by Gasteiger charge is 2.29. The van der Waals surface area contributed by atoms with Crippen molar-refractivity contribution in [2.75, 3.05) is 26.2 Å². The van der Waals surface area contributed by atoms with Gasteiger partial charge in [-0.3, -0.25) is 9.59 Å². The van der Waals surface area contributed by atoms with E-state index < -0.39 is 11.9 Å². The van der Waals surface area contributed by atoms with Crippen LogP contribution in [0.4, 0.5) is 0 Å². The van der Waals surface area contributed by atoms with Crippen molar-refractivity contribution in [1.82, 2.24) is 0 Å². The number of unbranched alkanes of at least 4 members (excludes halogenated alkanes) is 1. The Morgan fingerprint density at radius 1 is 1.13 bits per heavy atom. The van der Waals surface area contributed by atoms with Crippen LogP contribution in [0, 0.1) is 5.92 Å². The smallest absolute Gasteiger partial charge is 0.316 e. The fourth-order valence-electron chi connectivity index (χ4n) is 2.23. The molecule has 0 bridgehead atoms. The maximum Gasteiger partial charge on any atom is 0.316 e. The lowest BCUT2D eigenvalue weighted by Gasteiger charge is -2.15. The Morgan fingerprint density at radius 3 is 2.39 bits per heavy atom. The lowest BCUT2D eigenvalue weighted by Crippen LogP contribution is -2.26. The number of hydrogen-bond acceptors (Lipinski definition) is 5. The van der Waals surface area contributed by atoms with E-state index in [4.69, 9.17) is 14.2 Å². The molecule has 0 aliphatic rings. The first kappa shape index (κ1) is 19.5.